The normalized spacial score (nSPS) is 17.1. The quantitative estimate of drug-likeness (QED) is 0.660. The molecule has 0 aromatic heterocycles. The molecule has 0 aromatic carbocycles. The predicted octanol–water partition coefficient (Wildman–Crippen LogP) is 1.73. The first-order valence-electron chi connectivity index (χ1n) is 6.53. The average molecular weight is 302 g/mol. The average Bonchev–Trinajstić information content (AvgIpc) is 3.08. The van der Waals surface area contributed by atoms with Gasteiger partial charge in [0, 0.05) is 6.04 Å². The van der Waals surface area contributed by atoms with Crippen molar-refractivity contribution in [1.82, 2.24) is 9.62 Å². The summed E-state index contributed by atoms with van der Waals surface area (Å²) in [5.74, 6) is -0.226. The molecule has 1 aliphatic rings. The summed E-state index contributed by atoms with van der Waals surface area (Å²) in [5.41, 5.74) is 0. The van der Waals surface area contributed by atoms with Gasteiger partial charge in [-0.2, -0.15) is 17.5 Å². The van der Waals surface area contributed by atoms with E-state index in [-0.39, 0.29) is 5.75 Å². The van der Waals surface area contributed by atoms with Crippen LogP contribution in [0.1, 0.15) is 32.6 Å². The van der Waals surface area contributed by atoms with Gasteiger partial charge in [-0.05, 0) is 38.8 Å². The van der Waals surface area contributed by atoms with Crippen LogP contribution in [0.25, 0.3) is 0 Å². The molecule has 0 unspecified atom stereocenters. The first-order chi connectivity index (χ1) is 8.76. The Morgan fingerprint density at radius 3 is 2.37 bits per heavy atom. The van der Waals surface area contributed by atoms with E-state index in [0.717, 1.165) is 13.0 Å². The van der Waals surface area contributed by atoms with Crippen molar-refractivity contribution in [2.75, 3.05) is 25.4 Å². The van der Waals surface area contributed by atoms with Gasteiger partial charge in [-0.3, -0.25) is 0 Å². The summed E-state index contributed by atoms with van der Waals surface area (Å²) in [6, 6.07) is -0.449. The third kappa shape index (κ3) is 6.58. The molecule has 0 spiro atoms. The molecular weight excluding hydrogens is 281 g/mol. The maximum absolute atomic E-state index is 12.4. The Bertz CT molecular complexity index is 367. The fourth-order valence-electron chi connectivity index (χ4n) is 1.79. The molecule has 0 aromatic rings. The molecule has 114 valence electrons. The summed E-state index contributed by atoms with van der Waals surface area (Å²) < 4.78 is 61.7. The predicted molar refractivity (Wildman–Crippen MR) is 67.3 cm³/mol. The van der Waals surface area contributed by atoms with Crippen LogP contribution in [0, 0.1) is 0 Å². The monoisotopic (exact) mass is 302 g/mol. The van der Waals surface area contributed by atoms with Crippen LogP contribution >= 0.6 is 0 Å². The standard InChI is InChI=1S/C11H21F3N2O2S/c1-2-6-15-7-3-8-19(17,18)16(10-4-5-10)9-11(12,13)14/h10,15H,2-9H2,1H3. The minimum absolute atomic E-state index is 0.226. The number of halogens is 3. The van der Waals surface area contributed by atoms with Gasteiger partial charge in [0.25, 0.3) is 0 Å². The maximum atomic E-state index is 12.4. The molecule has 1 N–H and O–H groups in total. The first-order valence-corrected chi connectivity index (χ1v) is 8.14. The Morgan fingerprint density at radius 2 is 1.89 bits per heavy atom. The molecule has 4 nitrogen and oxygen atoms in total. The zero-order valence-corrected chi connectivity index (χ0v) is 11.9. The number of hydrogen-bond donors (Lipinski definition) is 1. The van der Waals surface area contributed by atoms with Crippen LogP contribution < -0.4 is 5.32 Å². The lowest BCUT2D eigenvalue weighted by Gasteiger charge is -2.23. The van der Waals surface area contributed by atoms with Gasteiger partial charge in [-0.1, -0.05) is 6.92 Å². The first kappa shape index (κ1) is 16.7. The second kappa shape index (κ2) is 6.90. The lowest BCUT2D eigenvalue weighted by atomic mass is 10.4. The minimum Gasteiger partial charge on any atom is -0.317 e. The zero-order valence-electron chi connectivity index (χ0n) is 11.0. The van der Waals surface area contributed by atoms with Crippen LogP contribution in [0.4, 0.5) is 13.2 Å². The molecule has 1 fully saturated rings. The number of sulfonamides is 1. The fourth-order valence-corrected chi connectivity index (χ4v) is 3.54. The Balaban J connectivity index is 2.47. The largest absolute Gasteiger partial charge is 0.402 e. The van der Waals surface area contributed by atoms with E-state index >= 15 is 0 Å². The number of nitrogens with one attached hydrogen (secondary N) is 1. The summed E-state index contributed by atoms with van der Waals surface area (Å²) in [7, 11) is -3.81. The topological polar surface area (TPSA) is 49.4 Å². The highest BCUT2D eigenvalue weighted by Gasteiger charge is 2.43. The maximum Gasteiger partial charge on any atom is 0.402 e. The van der Waals surface area contributed by atoms with E-state index in [1.807, 2.05) is 6.92 Å². The lowest BCUT2D eigenvalue weighted by Crippen LogP contribution is -2.42. The Morgan fingerprint density at radius 1 is 1.26 bits per heavy atom. The highest BCUT2D eigenvalue weighted by atomic mass is 32.2. The third-order valence-electron chi connectivity index (χ3n) is 2.83. The lowest BCUT2D eigenvalue weighted by molar-refractivity contribution is -0.136. The van der Waals surface area contributed by atoms with Crippen molar-refractivity contribution in [1.29, 1.82) is 0 Å². The molecule has 1 rings (SSSR count). The minimum atomic E-state index is -4.48. The van der Waals surface area contributed by atoms with Crippen molar-refractivity contribution in [3.8, 4) is 0 Å². The molecule has 19 heavy (non-hydrogen) atoms. The van der Waals surface area contributed by atoms with Gasteiger partial charge in [-0.25, -0.2) is 8.42 Å². The highest BCUT2D eigenvalue weighted by Crippen LogP contribution is 2.32. The molecule has 0 radical (unpaired) electrons. The molecule has 1 saturated carbocycles. The highest BCUT2D eigenvalue weighted by molar-refractivity contribution is 7.89. The SMILES string of the molecule is CCCNCCCS(=O)(=O)N(CC(F)(F)F)C1CC1. The van der Waals surface area contributed by atoms with E-state index in [1.54, 1.807) is 0 Å². The van der Waals surface area contributed by atoms with E-state index in [0.29, 0.717) is 30.1 Å². The molecular formula is C11H21F3N2O2S. The van der Waals surface area contributed by atoms with E-state index in [1.165, 1.54) is 0 Å². The second-order valence-corrected chi connectivity index (χ2v) is 6.85. The van der Waals surface area contributed by atoms with Crippen molar-refractivity contribution < 1.29 is 21.6 Å². The van der Waals surface area contributed by atoms with Crippen molar-refractivity contribution in [2.45, 2.75) is 44.8 Å². The second-order valence-electron chi connectivity index (χ2n) is 4.81. The van der Waals surface area contributed by atoms with Crippen molar-refractivity contribution in [2.24, 2.45) is 0 Å². The van der Waals surface area contributed by atoms with Gasteiger partial charge in [0.2, 0.25) is 10.0 Å². The molecule has 0 bridgehead atoms. The van der Waals surface area contributed by atoms with Gasteiger partial charge in [0.1, 0.15) is 6.54 Å². The number of alkyl halides is 3. The van der Waals surface area contributed by atoms with Gasteiger partial charge in [0.15, 0.2) is 0 Å². The number of nitrogens with zero attached hydrogens (tertiary/aromatic N) is 1. The van der Waals surface area contributed by atoms with Crippen LogP contribution in [0.2, 0.25) is 0 Å². The summed E-state index contributed by atoms with van der Waals surface area (Å²) in [6.45, 7) is 1.93. The number of hydrogen-bond acceptors (Lipinski definition) is 3. The molecule has 0 atom stereocenters. The number of rotatable bonds is 9. The summed E-state index contributed by atoms with van der Waals surface area (Å²) in [6.07, 6.45) is -2.14. The third-order valence-corrected chi connectivity index (χ3v) is 4.78. The summed E-state index contributed by atoms with van der Waals surface area (Å²) >= 11 is 0. The van der Waals surface area contributed by atoms with E-state index in [9.17, 15) is 21.6 Å². The van der Waals surface area contributed by atoms with Crippen LogP contribution in [0.3, 0.4) is 0 Å². The molecule has 8 heteroatoms. The summed E-state index contributed by atoms with van der Waals surface area (Å²) in [5, 5.41) is 3.03. The van der Waals surface area contributed by atoms with Crippen molar-refractivity contribution in [3.05, 3.63) is 0 Å². The molecule has 0 aliphatic heterocycles. The van der Waals surface area contributed by atoms with Gasteiger partial charge >= 0.3 is 6.18 Å². The smallest absolute Gasteiger partial charge is 0.317 e. The molecule has 0 heterocycles. The Kier molecular flexibility index (Phi) is 6.07. The van der Waals surface area contributed by atoms with Crippen LogP contribution in [0.15, 0.2) is 0 Å². The van der Waals surface area contributed by atoms with Gasteiger partial charge in [0.05, 0.1) is 5.75 Å². The Hall–Kier alpha value is -0.340. The van der Waals surface area contributed by atoms with Crippen LogP contribution in [0.5, 0.6) is 0 Å². The fraction of sp³-hybridized carbons (Fsp3) is 1.00. The molecule has 0 saturated heterocycles. The van der Waals surface area contributed by atoms with Crippen molar-refractivity contribution >= 4 is 10.0 Å². The Labute approximate surface area is 112 Å². The van der Waals surface area contributed by atoms with Gasteiger partial charge in [-0.15, -0.1) is 0 Å². The zero-order chi connectivity index (χ0) is 14.5. The van der Waals surface area contributed by atoms with Crippen LogP contribution in [-0.4, -0.2) is 50.3 Å². The van der Waals surface area contributed by atoms with Crippen molar-refractivity contribution in [3.63, 3.8) is 0 Å². The van der Waals surface area contributed by atoms with E-state index in [2.05, 4.69) is 5.32 Å². The van der Waals surface area contributed by atoms with E-state index in [4.69, 9.17) is 0 Å². The summed E-state index contributed by atoms with van der Waals surface area (Å²) in [4.78, 5) is 0. The molecule has 0 amide bonds. The van der Waals surface area contributed by atoms with E-state index < -0.39 is 28.8 Å². The van der Waals surface area contributed by atoms with Crippen LogP contribution in [-0.2, 0) is 10.0 Å². The molecule has 1 aliphatic carbocycles. The van der Waals surface area contributed by atoms with Gasteiger partial charge < -0.3 is 5.32 Å².